The number of aromatic nitrogens is 2. The van der Waals surface area contributed by atoms with Crippen LogP contribution in [0.5, 0.6) is 5.88 Å². The van der Waals surface area contributed by atoms with E-state index in [0.29, 0.717) is 62.7 Å². The van der Waals surface area contributed by atoms with Gasteiger partial charge in [0, 0.05) is 38.4 Å². The molecular formula is C21H33N5O3. The summed E-state index contributed by atoms with van der Waals surface area (Å²) in [6, 6.07) is 1.58. The second kappa shape index (κ2) is 8.55. The van der Waals surface area contributed by atoms with Crippen molar-refractivity contribution in [3.63, 3.8) is 0 Å². The van der Waals surface area contributed by atoms with Crippen LogP contribution in [0, 0.1) is 11.8 Å². The van der Waals surface area contributed by atoms with Crippen LogP contribution in [0.2, 0.25) is 0 Å². The molecule has 0 saturated carbocycles. The highest BCUT2D eigenvalue weighted by atomic mass is 16.5. The van der Waals surface area contributed by atoms with E-state index in [1.807, 2.05) is 4.90 Å². The lowest BCUT2D eigenvalue weighted by molar-refractivity contribution is -0.134. The molecule has 1 aromatic rings. The van der Waals surface area contributed by atoms with Gasteiger partial charge in [0.1, 0.15) is 5.54 Å². The van der Waals surface area contributed by atoms with Gasteiger partial charge in [-0.3, -0.25) is 9.69 Å². The van der Waals surface area contributed by atoms with Gasteiger partial charge in [0.05, 0.1) is 7.11 Å². The van der Waals surface area contributed by atoms with Crippen molar-refractivity contribution < 1.29 is 14.3 Å². The maximum atomic E-state index is 13.4. The zero-order valence-corrected chi connectivity index (χ0v) is 18.2. The first-order chi connectivity index (χ1) is 13.8. The van der Waals surface area contributed by atoms with E-state index in [9.17, 15) is 9.59 Å². The molecular weight excluding hydrogens is 370 g/mol. The molecule has 1 aromatic heterocycles. The third-order valence-corrected chi connectivity index (χ3v) is 5.80. The molecule has 3 heterocycles. The van der Waals surface area contributed by atoms with Gasteiger partial charge in [0.25, 0.3) is 5.91 Å². The normalized spacial score (nSPS) is 19.2. The van der Waals surface area contributed by atoms with E-state index in [0.717, 1.165) is 6.42 Å². The van der Waals surface area contributed by atoms with Crippen LogP contribution in [0.15, 0.2) is 12.3 Å². The van der Waals surface area contributed by atoms with Crippen molar-refractivity contribution in [1.82, 2.24) is 19.8 Å². The Morgan fingerprint density at radius 1 is 1.14 bits per heavy atom. The van der Waals surface area contributed by atoms with Crippen molar-refractivity contribution in [2.24, 2.45) is 11.8 Å². The fourth-order valence-corrected chi connectivity index (χ4v) is 4.14. The highest BCUT2D eigenvalue weighted by molar-refractivity contribution is 6.07. The molecule has 8 heteroatoms. The van der Waals surface area contributed by atoms with Crippen LogP contribution in [-0.4, -0.2) is 70.5 Å². The number of piperidine rings is 1. The first-order valence-electron chi connectivity index (χ1n) is 10.5. The Balaban J connectivity index is 1.80. The minimum atomic E-state index is -0.742. The fraction of sp³-hybridized carbons (Fsp3) is 0.714. The van der Waals surface area contributed by atoms with E-state index < -0.39 is 5.54 Å². The molecule has 0 N–H and O–H groups in total. The fourth-order valence-electron chi connectivity index (χ4n) is 4.14. The summed E-state index contributed by atoms with van der Waals surface area (Å²) in [7, 11) is 1.58. The van der Waals surface area contributed by atoms with Crippen molar-refractivity contribution in [2.45, 2.75) is 52.5 Å². The number of methoxy groups -OCH3 is 1. The van der Waals surface area contributed by atoms with Gasteiger partial charge < -0.3 is 14.5 Å². The number of urea groups is 1. The smallest absolute Gasteiger partial charge is 0.327 e. The number of amides is 3. The summed E-state index contributed by atoms with van der Waals surface area (Å²) >= 11 is 0. The standard InChI is InChI=1S/C21H33N5O3/c1-15(2)7-11-25-18(27)21(26(20(25)28)14-16(3)4)8-12-24(13-9-21)19-22-10-6-17(23-19)29-5/h6,10,15-16H,7-9,11-14H2,1-5H3. The minimum Gasteiger partial charge on any atom is -0.481 e. The van der Waals surface area contributed by atoms with E-state index in [2.05, 4.69) is 42.6 Å². The van der Waals surface area contributed by atoms with Gasteiger partial charge in [0.2, 0.25) is 11.8 Å². The number of hydrogen-bond acceptors (Lipinski definition) is 6. The molecule has 2 fully saturated rings. The van der Waals surface area contributed by atoms with Gasteiger partial charge in [-0.05, 0) is 31.1 Å². The molecule has 1 spiro atoms. The lowest BCUT2D eigenvalue weighted by atomic mass is 9.85. The highest BCUT2D eigenvalue weighted by Gasteiger charge is 2.57. The van der Waals surface area contributed by atoms with E-state index in [1.54, 1.807) is 19.4 Å². The summed E-state index contributed by atoms with van der Waals surface area (Å²) in [5.74, 6) is 1.83. The van der Waals surface area contributed by atoms with Crippen LogP contribution in [0.25, 0.3) is 0 Å². The van der Waals surface area contributed by atoms with E-state index in [1.165, 1.54) is 4.90 Å². The van der Waals surface area contributed by atoms with Gasteiger partial charge >= 0.3 is 6.03 Å². The first kappa shape index (κ1) is 21.3. The third kappa shape index (κ3) is 4.16. The van der Waals surface area contributed by atoms with Crippen LogP contribution in [0.4, 0.5) is 10.7 Å². The van der Waals surface area contributed by atoms with Crippen LogP contribution in [0.1, 0.15) is 47.0 Å². The highest BCUT2D eigenvalue weighted by Crippen LogP contribution is 2.38. The minimum absolute atomic E-state index is 0.0324. The summed E-state index contributed by atoms with van der Waals surface area (Å²) in [6.07, 6.45) is 3.67. The Bertz CT molecular complexity index is 744. The average Bonchev–Trinajstić information content (AvgIpc) is 2.88. The molecule has 3 rings (SSSR count). The monoisotopic (exact) mass is 403 g/mol. The molecule has 0 unspecified atom stereocenters. The summed E-state index contributed by atoms with van der Waals surface area (Å²) in [6.45, 7) is 10.7. The van der Waals surface area contributed by atoms with Crippen molar-refractivity contribution in [2.75, 3.05) is 38.2 Å². The number of nitrogens with zero attached hydrogens (tertiary/aromatic N) is 5. The maximum absolute atomic E-state index is 13.4. The Kier molecular flexibility index (Phi) is 6.29. The zero-order valence-electron chi connectivity index (χ0n) is 18.2. The molecule has 0 aromatic carbocycles. The quantitative estimate of drug-likeness (QED) is 0.652. The number of imide groups is 1. The summed E-state index contributed by atoms with van der Waals surface area (Å²) in [5, 5.41) is 0. The Morgan fingerprint density at radius 3 is 2.41 bits per heavy atom. The number of hydrogen-bond donors (Lipinski definition) is 0. The van der Waals surface area contributed by atoms with Gasteiger partial charge in [-0.2, -0.15) is 4.98 Å². The van der Waals surface area contributed by atoms with Crippen molar-refractivity contribution in [3.05, 3.63) is 12.3 Å². The van der Waals surface area contributed by atoms with Crippen LogP contribution in [-0.2, 0) is 4.79 Å². The molecule has 29 heavy (non-hydrogen) atoms. The van der Waals surface area contributed by atoms with Crippen molar-refractivity contribution in [3.8, 4) is 5.88 Å². The number of ether oxygens (including phenoxy) is 1. The lowest BCUT2D eigenvalue weighted by Gasteiger charge is -2.42. The first-order valence-corrected chi connectivity index (χ1v) is 10.5. The summed E-state index contributed by atoms with van der Waals surface area (Å²) in [4.78, 5) is 40.7. The Morgan fingerprint density at radius 2 is 1.83 bits per heavy atom. The van der Waals surface area contributed by atoms with Crippen LogP contribution < -0.4 is 9.64 Å². The maximum Gasteiger partial charge on any atom is 0.327 e. The van der Waals surface area contributed by atoms with Gasteiger partial charge in [-0.1, -0.05) is 27.7 Å². The van der Waals surface area contributed by atoms with Crippen LogP contribution >= 0.6 is 0 Å². The van der Waals surface area contributed by atoms with Gasteiger partial charge in [0.15, 0.2) is 0 Å². The SMILES string of the molecule is COc1ccnc(N2CCC3(CC2)C(=O)N(CCC(C)C)C(=O)N3CC(C)C)n1. The molecule has 8 nitrogen and oxygen atoms in total. The molecule has 3 amide bonds. The topological polar surface area (TPSA) is 78.9 Å². The second-order valence-corrected chi connectivity index (χ2v) is 8.84. The molecule has 2 saturated heterocycles. The molecule has 0 atom stereocenters. The predicted molar refractivity (Wildman–Crippen MR) is 111 cm³/mol. The zero-order chi connectivity index (χ0) is 21.2. The molecule has 0 radical (unpaired) electrons. The van der Waals surface area contributed by atoms with Crippen molar-refractivity contribution >= 4 is 17.9 Å². The summed E-state index contributed by atoms with van der Waals surface area (Å²) in [5.41, 5.74) is -0.742. The average molecular weight is 404 g/mol. The molecule has 160 valence electrons. The number of rotatable bonds is 7. The van der Waals surface area contributed by atoms with E-state index in [4.69, 9.17) is 4.74 Å². The number of carbonyl (C=O) groups is 2. The third-order valence-electron chi connectivity index (χ3n) is 5.80. The molecule has 2 aliphatic heterocycles. The Labute approximate surface area is 173 Å². The molecule has 0 bridgehead atoms. The van der Waals surface area contributed by atoms with E-state index in [-0.39, 0.29) is 11.9 Å². The number of carbonyl (C=O) groups excluding carboxylic acids is 2. The Hall–Kier alpha value is -2.38. The van der Waals surface area contributed by atoms with Crippen LogP contribution in [0.3, 0.4) is 0 Å². The molecule has 0 aliphatic carbocycles. The van der Waals surface area contributed by atoms with Gasteiger partial charge in [-0.25, -0.2) is 9.78 Å². The molecule has 2 aliphatic rings. The largest absolute Gasteiger partial charge is 0.481 e. The number of anilines is 1. The lowest BCUT2D eigenvalue weighted by Crippen LogP contribution is -2.57. The van der Waals surface area contributed by atoms with Gasteiger partial charge in [-0.15, -0.1) is 0 Å². The van der Waals surface area contributed by atoms with E-state index >= 15 is 0 Å². The second-order valence-electron chi connectivity index (χ2n) is 8.84. The van der Waals surface area contributed by atoms with Crippen molar-refractivity contribution in [1.29, 1.82) is 0 Å². The summed E-state index contributed by atoms with van der Waals surface area (Å²) < 4.78 is 5.20. The predicted octanol–water partition coefficient (Wildman–Crippen LogP) is 2.79.